The van der Waals surface area contributed by atoms with Crippen LogP contribution < -0.4 is 10.2 Å². The van der Waals surface area contributed by atoms with Crippen LogP contribution in [-0.4, -0.2) is 43.4 Å². The first-order valence-corrected chi connectivity index (χ1v) is 10.0. The van der Waals surface area contributed by atoms with Gasteiger partial charge in [0.05, 0.1) is 11.7 Å². The van der Waals surface area contributed by atoms with Gasteiger partial charge in [-0.1, -0.05) is 60.7 Å². The van der Waals surface area contributed by atoms with Gasteiger partial charge in [-0.15, -0.1) is 0 Å². The van der Waals surface area contributed by atoms with Crippen LogP contribution in [0.15, 0.2) is 72.8 Å². The van der Waals surface area contributed by atoms with E-state index in [2.05, 4.69) is 29.6 Å². The van der Waals surface area contributed by atoms with Crippen LogP contribution in [0.3, 0.4) is 0 Å². The third-order valence-corrected chi connectivity index (χ3v) is 5.10. The molecule has 156 valence electrons. The highest BCUT2D eigenvalue weighted by molar-refractivity contribution is 5.92. The van der Waals surface area contributed by atoms with Crippen molar-refractivity contribution < 1.29 is 15.0 Å². The van der Waals surface area contributed by atoms with Gasteiger partial charge in [-0.25, -0.2) is 4.79 Å². The third kappa shape index (κ3) is 5.47. The number of nitrogens with one attached hydrogen (secondary N) is 1. The van der Waals surface area contributed by atoms with Crippen LogP contribution >= 0.6 is 0 Å². The number of anilines is 1. The molecule has 0 radical (unpaired) electrons. The first-order valence-electron chi connectivity index (χ1n) is 10.0. The lowest BCUT2D eigenvalue weighted by molar-refractivity contribution is 0.0697. The number of hydrogen-bond acceptors (Lipinski definition) is 4. The average molecular weight is 405 g/mol. The second-order valence-electron chi connectivity index (χ2n) is 7.51. The number of carboxylic acids is 1. The van der Waals surface area contributed by atoms with Crippen LogP contribution in [0.5, 0.6) is 0 Å². The Hall–Kier alpha value is -3.15. The van der Waals surface area contributed by atoms with Gasteiger partial charge in [0.25, 0.3) is 0 Å². The number of carboxylic acid groups (broad SMARTS) is 1. The first kappa shape index (κ1) is 21.6. The van der Waals surface area contributed by atoms with Gasteiger partial charge in [-0.05, 0) is 41.8 Å². The molecule has 0 amide bonds. The molecule has 0 fully saturated rings. The molecule has 0 spiro atoms. The van der Waals surface area contributed by atoms with Crippen molar-refractivity contribution in [3.63, 3.8) is 0 Å². The van der Waals surface area contributed by atoms with E-state index >= 15 is 0 Å². The maximum absolute atomic E-state index is 11.3. The summed E-state index contributed by atoms with van der Waals surface area (Å²) in [5.74, 6) is -0.926. The lowest BCUT2D eigenvalue weighted by Gasteiger charge is -2.18. The first-order chi connectivity index (χ1) is 14.5. The lowest BCUT2D eigenvalue weighted by Crippen LogP contribution is -2.23. The van der Waals surface area contributed by atoms with Crippen LogP contribution in [0.25, 0.3) is 11.1 Å². The molecule has 5 nitrogen and oxygen atoms in total. The molecule has 3 aromatic rings. The van der Waals surface area contributed by atoms with Crippen molar-refractivity contribution in [2.75, 3.05) is 32.1 Å². The molecular weight excluding hydrogens is 376 g/mol. The van der Waals surface area contributed by atoms with E-state index < -0.39 is 12.1 Å². The summed E-state index contributed by atoms with van der Waals surface area (Å²) >= 11 is 0. The fourth-order valence-corrected chi connectivity index (χ4v) is 3.39. The quantitative estimate of drug-likeness (QED) is 0.471. The van der Waals surface area contributed by atoms with Crippen LogP contribution in [0.4, 0.5) is 5.69 Å². The van der Waals surface area contributed by atoms with E-state index in [1.54, 1.807) is 12.1 Å². The number of benzene rings is 3. The minimum Gasteiger partial charge on any atom is -0.478 e. The molecule has 0 saturated carbocycles. The molecule has 0 heterocycles. The van der Waals surface area contributed by atoms with Gasteiger partial charge < -0.3 is 20.4 Å². The molecule has 30 heavy (non-hydrogen) atoms. The van der Waals surface area contributed by atoms with Crippen molar-refractivity contribution >= 4 is 11.7 Å². The van der Waals surface area contributed by atoms with Gasteiger partial charge in [0, 0.05) is 31.9 Å². The molecule has 0 unspecified atom stereocenters. The number of nitrogens with zero attached hydrogens (tertiary/aromatic N) is 1. The van der Waals surface area contributed by atoms with E-state index in [4.69, 9.17) is 0 Å². The molecule has 5 heteroatoms. The predicted molar refractivity (Wildman–Crippen MR) is 121 cm³/mol. The smallest absolute Gasteiger partial charge is 0.335 e. The SMILES string of the molecule is CN(C)c1cc(C(=O)O)ccc1-c1ccc(CCNC[C@@H](O)c2ccccc2)cc1. The zero-order valence-corrected chi connectivity index (χ0v) is 17.4. The van der Waals surface area contributed by atoms with Crippen molar-refractivity contribution in [3.05, 3.63) is 89.5 Å². The summed E-state index contributed by atoms with van der Waals surface area (Å²) in [5.41, 5.74) is 5.32. The fraction of sp³-hybridized carbons (Fsp3) is 0.240. The van der Waals surface area contributed by atoms with Crippen molar-refractivity contribution in [3.8, 4) is 11.1 Å². The zero-order chi connectivity index (χ0) is 21.5. The number of hydrogen-bond donors (Lipinski definition) is 3. The van der Waals surface area contributed by atoms with Crippen LogP contribution in [-0.2, 0) is 6.42 Å². The van der Waals surface area contributed by atoms with Crippen molar-refractivity contribution in [1.29, 1.82) is 0 Å². The maximum atomic E-state index is 11.3. The summed E-state index contributed by atoms with van der Waals surface area (Å²) in [7, 11) is 3.82. The second kappa shape index (κ2) is 10.1. The fourth-order valence-electron chi connectivity index (χ4n) is 3.39. The van der Waals surface area contributed by atoms with Gasteiger partial charge >= 0.3 is 5.97 Å². The highest BCUT2D eigenvalue weighted by atomic mass is 16.4. The minimum atomic E-state index is -0.926. The molecule has 0 aromatic heterocycles. The summed E-state index contributed by atoms with van der Waals surface area (Å²) in [6.45, 7) is 1.30. The number of aliphatic hydroxyl groups is 1. The number of aliphatic hydroxyl groups excluding tert-OH is 1. The Labute approximate surface area is 177 Å². The van der Waals surface area contributed by atoms with Crippen LogP contribution in [0.2, 0.25) is 0 Å². The Morgan fingerprint density at radius 2 is 1.70 bits per heavy atom. The Bertz CT molecular complexity index is 969. The Kier molecular flexibility index (Phi) is 7.22. The summed E-state index contributed by atoms with van der Waals surface area (Å²) < 4.78 is 0. The normalized spacial score (nSPS) is 11.8. The Morgan fingerprint density at radius 1 is 1.00 bits per heavy atom. The molecule has 0 aliphatic rings. The molecule has 3 aromatic carbocycles. The molecule has 0 aliphatic carbocycles. The Morgan fingerprint density at radius 3 is 2.33 bits per heavy atom. The minimum absolute atomic E-state index is 0.280. The van der Waals surface area contributed by atoms with Gasteiger partial charge in [0.15, 0.2) is 0 Å². The topological polar surface area (TPSA) is 72.8 Å². The predicted octanol–water partition coefficient (Wildman–Crippen LogP) is 3.98. The molecule has 3 N–H and O–H groups in total. The van der Waals surface area contributed by atoms with E-state index in [0.29, 0.717) is 6.54 Å². The largest absolute Gasteiger partial charge is 0.478 e. The van der Waals surface area contributed by atoms with Gasteiger partial charge in [-0.2, -0.15) is 0 Å². The van der Waals surface area contributed by atoms with E-state index in [0.717, 1.165) is 35.3 Å². The monoisotopic (exact) mass is 404 g/mol. The lowest BCUT2D eigenvalue weighted by atomic mass is 9.99. The summed E-state index contributed by atoms with van der Waals surface area (Å²) in [6, 6.07) is 23.2. The van der Waals surface area contributed by atoms with E-state index in [1.807, 2.05) is 55.4 Å². The molecule has 0 saturated heterocycles. The number of rotatable bonds is 9. The van der Waals surface area contributed by atoms with Gasteiger partial charge in [-0.3, -0.25) is 0 Å². The molecular formula is C25H28N2O3. The molecule has 0 bridgehead atoms. The van der Waals surface area contributed by atoms with E-state index in [1.165, 1.54) is 5.56 Å². The van der Waals surface area contributed by atoms with Crippen molar-refractivity contribution in [1.82, 2.24) is 5.32 Å². The van der Waals surface area contributed by atoms with E-state index in [9.17, 15) is 15.0 Å². The van der Waals surface area contributed by atoms with Crippen LogP contribution in [0, 0.1) is 0 Å². The summed E-state index contributed by atoms with van der Waals surface area (Å²) in [4.78, 5) is 13.2. The number of carbonyl (C=O) groups is 1. The summed E-state index contributed by atoms with van der Waals surface area (Å²) in [5, 5.41) is 22.8. The average Bonchev–Trinajstić information content (AvgIpc) is 2.77. The molecule has 3 rings (SSSR count). The van der Waals surface area contributed by atoms with E-state index in [-0.39, 0.29) is 5.56 Å². The van der Waals surface area contributed by atoms with Crippen molar-refractivity contribution in [2.24, 2.45) is 0 Å². The number of aromatic carboxylic acids is 1. The third-order valence-electron chi connectivity index (χ3n) is 5.10. The summed E-state index contributed by atoms with van der Waals surface area (Å²) in [6.07, 6.45) is 0.354. The van der Waals surface area contributed by atoms with Crippen molar-refractivity contribution in [2.45, 2.75) is 12.5 Å². The maximum Gasteiger partial charge on any atom is 0.335 e. The standard InChI is InChI=1S/C25H28N2O3/c1-27(2)23-16-21(25(29)30)12-13-22(23)19-10-8-18(9-11-19)14-15-26-17-24(28)20-6-4-3-5-7-20/h3-13,16,24,26,28H,14-15,17H2,1-2H3,(H,29,30)/t24-/m1/s1. The van der Waals surface area contributed by atoms with Gasteiger partial charge in [0.2, 0.25) is 0 Å². The molecule has 0 aliphatic heterocycles. The highest BCUT2D eigenvalue weighted by Gasteiger charge is 2.12. The van der Waals surface area contributed by atoms with Gasteiger partial charge in [0.1, 0.15) is 0 Å². The highest BCUT2D eigenvalue weighted by Crippen LogP contribution is 2.31. The second-order valence-corrected chi connectivity index (χ2v) is 7.51. The zero-order valence-electron chi connectivity index (χ0n) is 17.4. The molecule has 1 atom stereocenters. The van der Waals surface area contributed by atoms with Crippen LogP contribution in [0.1, 0.15) is 27.6 Å². The Balaban J connectivity index is 1.59.